The van der Waals surface area contributed by atoms with E-state index in [1.807, 2.05) is 6.92 Å². The summed E-state index contributed by atoms with van der Waals surface area (Å²) in [5.74, 6) is -8.03. The molecule has 0 aromatic heterocycles. The van der Waals surface area contributed by atoms with Gasteiger partial charge < -0.3 is 20.2 Å². The zero-order valence-electron chi connectivity index (χ0n) is 18.7. The molecule has 3 rings (SSSR count). The van der Waals surface area contributed by atoms with Crippen LogP contribution in [0.4, 0.5) is 8.78 Å². The maximum atomic E-state index is 13.3. The van der Waals surface area contributed by atoms with Crippen molar-refractivity contribution in [2.24, 2.45) is 17.8 Å². The van der Waals surface area contributed by atoms with E-state index in [1.165, 1.54) is 21.6 Å². The van der Waals surface area contributed by atoms with Gasteiger partial charge in [0.15, 0.2) is 0 Å². The molecule has 2 N–H and O–H groups in total. The number of nitrogens with zero attached hydrogens (tertiary/aromatic N) is 2. The lowest BCUT2D eigenvalue weighted by Gasteiger charge is -2.47. The highest BCUT2D eigenvalue weighted by Gasteiger charge is 2.60. The highest BCUT2D eigenvalue weighted by atomic mass is 32.2. The van der Waals surface area contributed by atoms with Crippen molar-refractivity contribution in [1.82, 2.24) is 15.1 Å². The number of β-lactam (4-membered cyclic amide) rings is 1. The van der Waals surface area contributed by atoms with E-state index in [4.69, 9.17) is 0 Å². The lowest BCUT2D eigenvalue weighted by Crippen LogP contribution is -2.62. The predicted molar refractivity (Wildman–Crippen MR) is 114 cm³/mol. The Kier molecular flexibility index (Phi) is 6.72. The number of carboxylic acids is 1. The third-order valence-corrected chi connectivity index (χ3v) is 8.04. The molecule has 6 atom stereocenters. The monoisotopic (exact) mass is 473 g/mol. The quantitative estimate of drug-likeness (QED) is 0.515. The number of carbonyl (C=O) groups is 4. The summed E-state index contributed by atoms with van der Waals surface area (Å²) in [6, 6.07) is -0.820. The van der Waals surface area contributed by atoms with E-state index in [9.17, 15) is 33.1 Å². The van der Waals surface area contributed by atoms with Crippen LogP contribution in [0.2, 0.25) is 0 Å². The van der Waals surface area contributed by atoms with Gasteiger partial charge in [-0.25, -0.2) is 4.79 Å². The smallest absolute Gasteiger partial charge is 0.353 e. The molecular weight excluding hydrogens is 444 g/mol. The number of likely N-dealkylation sites (N-methyl/N-ethyl adjacent to an activating group) is 1. The maximum absolute atomic E-state index is 13.3. The topological polar surface area (TPSA) is 107 Å². The minimum absolute atomic E-state index is 0.0410. The van der Waals surface area contributed by atoms with Crippen LogP contribution in [0.5, 0.6) is 0 Å². The second-order valence-electron chi connectivity index (χ2n) is 9.19. The number of hydrogen-bond donors (Lipinski definition) is 2. The molecule has 3 aliphatic rings. The summed E-state index contributed by atoms with van der Waals surface area (Å²) < 4.78 is 26.7. The predicted octanol–water partition coefficient (Wildman–Crippen LogP) is 1.56. The molecule has 0 aliphatic carbocycles. The van der Waals surface area contributed by atoms with Gasteiger partial charge in [-0.1, -0.05) is 13.8 Å². The van der Waals surface area contributed by atoms with Gasteiger partial charge in [0.2, 0.25) is 17.6 Å². The summed E-state index contributed by atoms with van der Waals surface area (Å²) in [5.41, 5.74) is -0.0736. The number of carboxylic acid groups (broad SMARTS) is 1. The average Bonchev–Trinajstić information content (AvgIpc) is 3.22. The van der Waals surface area contributed by atoms with Gasteiger partial charge in [-0.15, -0.1) is 11.8 Å². The first-order valence-corrected chi connectivity index (χ1v) is 11.5. The van der Waals surface area contributed by atoms with Gasteiger partial charge in [-0.05, 0) is 12.3 Å². The molecule has 0 spiro atoms. The number of Topliss-reactive ketones (excluding diaryl/α,β-unsaturated/α-hetero) is 1. The Morgan fingerprint density at radius 2 is 1.97 bits per heavy atom. The minimum atomic E-state index is -3.47. The number of nitrogens with one attached hydrogen (secondary N) is 1. The number of amides is 2. The van der Waals surface area contributed by atoms with Gasteiger partial charge in [0.1, 0.15) is 5.70 Å². The molecule has 2 fully saturated rings. The summed E-state index contributed by atoms with van der Waals surface area (Å²) in [7, 11) is 3.34. The first-order chi connectivity index (χ1) is 14.8. The van der Waals surface area contributed by atoms with Crippen molar-refractivity contribution >= 4 is 35.3 Å². The second kappa shape index (κ2) is 8.74. The maximum Gasteiger partial charge on any atom is 0.353 e. The zero-order valence-corrected chi connectivity index (χ0v) is 19.5. The number of thioether (sulfide) groups is 1. The lowest BCUT2D eigenvalue weighted by atomic mass is 9.73. The fourth-order valence-electron chi connectivity index (χ4n) is 4.84. The van der Waals surface area contributed by atoms with Crippen LogP contribution in [-0.4, -0.2) is 82.4 Å². The number of hydrogen-bond acceptors (Lipinski definition) is 6. The molecule has 0 bridgehead atoms. The standard InChI is InChI=1S/C21H29F2N3O5S/c1-9(6-13(27)21(3,22)23)14-15-10(2)17(16(20(30)31)26(15)19(14)29)32-11-7-12(24-8-11)18(28)25(4)5/h9-12,14-15,24H,6-8H2,1-5H3,(H,30,31)/t9-,10+,11-,12-,14+,15+/m0/s1. The molecule has 3 aliphatic heterocycles. The first-order valence-electron chi connectivity index (χ1n) is 10.6. The van der Waals surface area contributed by atoms with Crippen LogP contribution < -0.4 is 5.32 Å². The van der Waals surface area contributed by atoms with E-state index in [2.05, 4.69) is 5.32 Å². The Balaban J connectivity index is 1.75. The van der Waals surface area contributed by atoms with Crippen molar-refractivity contribution in [3.8, 4) is 0 Å². The van der Waals surface area contributed by atoms with Crippen LogP contribution in [-0.2, 0) is 19.2 Å². The fourth-order valence-corrected chi connectivity index (χ4v) is 6.32. The largest absolute Gasteiger partial charge is 0.477 e. The van der Waals surface area contributed by atoms with Gasteiger partial charge in [0.05, 0.1) is 18.0 Å². The number of fused-ring (bicyclic) bond motifs is 1. The van der Waals surface area contributed by atoms with E-state index in [0.717, 1.165) is 0 Å². The van der Waals surface area contributed by atoms with Crippen molar-refractivity contribution in [2.75, 3.05) is 20.6 Å². The molecular formula is C21H29F2N3O5S. The number of carbonyl (C=O) groups excluding carboxylic acids is 3. The molecule has 2 saturated heterocycles. The Labute approximate surface area is 189 Å². The van der Waals surface area contributed by atoms with Crippen molar-refractivity contribution < 1.29 is 33.1 Å². The summed E-state index contributed by atoms with van der Waals surface area (Å²) in [6.07, 6.45) is 0.0893. The van der Waals surface area contributed by atoms with Crippen molar-refractivity contribution in [3.63, 3.8) is 0 Å². The second-order valence-corrected chi connectivity index (χ2v) is 10.5. The van der Waals surface area contributed by atoms with Crippen LogP contribution in [0, 0.1) is 17.8 Å². The fraction of sp³-hybridized carbons (Fsp3) is 0.714. The number of ketones is 1. The highest BCUT2D eigenvalue weighted by molar-refractivity contribution is 8.03. The van der Waals surface area contributed by atoms with Crippen LogP contribution in [0.25, 0.3) is 0 Å². The molecule has 3 heterocycles. The lowest BCUT2D eigenvalue weighted by molar-refractivity contribution is -0.161. The highest BCUT2D eigenvalue weighted by Crippen LogP contribution is 2.53. The third kappa shape index (κ3) is 4.28. The first kappa shape index (κ1) is 24.6. The van der Waals surface area contributed by atoms with E-state index >= 15 is 0 Å². The van der Waals surface area contributed by atoms with E-state index < -0.39 is 47.9 Å². The number of rotatable bonds is 8. The Morgan fingerprint density at radius 3 is 2.50 bits per heavy atom. The Morgan fingerprint density at radius 1 is 1.34 bits per heavy atom. The number of halogens is 2. The molecule has 0 aromatic carbocycles. The molecule has 2 amide bonds. The van der Waals surface area contributed by atoms with Gasteiger partial charge >= 0.3 is 11.9 Å². The van der Waals surface area contributed by atoms with E-state index in [0.29, 0.717) is 24.8 Å². The zero-order chi connectivity index (χ0) is 24.1. The van der Waals surface area contributed by atoms with E-state index in [-0.39, 0.29) is 28.8 Å². The Bertz CT molecular complexity index is 872. The average molecular weight is 474 g/mol. The molecule has 0 saturated carbocycles. The molecule has 11 heteroatoms. The van der Waals surface area contributed by atoms with Crippen molar-refractivity contribution in [2.45, 2.75) is 56.9 Å². The summed E-state index contributed by atoms with van der Waals surface area (Å²) in [4.78, 5) is 52.2. The number of alkyl halides is 2. The summed E-state index contributed by atoms with van der Waals surface area (Å²) in [5, 5.41) is 12.9. The summed E-state index contributed by atoms with van der Waals surface area (Å²) in [6.45, 7) is 4.47. The number of aliphatic carboxylic acids is 1. The molecule has 178 valence electrons. The molecule has 0 unspecified atom stereocenters. The minimum Gasteiger partial charge on any atom is -0.477 e. The normalized spacial score (nSPS) is 30.8. The third-order valence-electron chi connectivity index (χ3n) is 6.52. The van der Waals surface area contributed by atoms with Gasteiger partial charge in [-0.3, -0.25) is 14.4 Å². The van der Waals surface area contributed by atoms with Crippen molar-refractivity contribution in [3.05, 3.63) is 10.6 Å². The van der Waals surface area contributed by atoms with Crippen LogP contribution in [0.1, 0.15) is 33.6 Å². The van der Waals surface area contributed by atoms with Crippen molar-refractivity contribution in [1.29, 1.82) is 0 Å². The van der Waals surface area contributed by atoms with Crippen LogP contribution in [0.3, 0.4) is 0 Å². The van der Waals surface area contributed by atoms with Gasteiger partial charge in [0.25, 0.3) is 0 Å². The van der Waals surface area contributed by atoms with Gasteiger partial charge in [-0.2, -0.15) is 8.78 Å². The van der Waals surface area contributed by atoms with E-state index in [1.54, 1.807) is 21.0 Å². The Hall–Kier alpha value is -2.01. The molecule has 8 nitrogen and oxygen atoms in total. The molecule has 0 radical (unpaired) electrons. The van der Waals surface area contributed by atoms with Crippen LogP contribution in [0.15, 0.2) is 10.6 Å². The molecule has 32 heavy (non-hydrogen) atoms. The SMILES string of the molecule is C[C@@H](CC(=O)C(C)(F)F)[C@H]1C(=O)N2C(C(=O)O)=C(S[C@@H]3CN[C@H](C(=O)N(C)C)C3)[C@H](C)[C@H]12. The van der Waals surface area contributed by atoms with Crippen LogP contribution >= 0.6 is 11.8 Å². The van der Waals surface area contributed by atoms with Gasteiger partial charge in [0, 0.05) is 50.1 Å². The summed E-state index contributed by atoms with van der Waals surface area (Å²) >= 11 is 1.36. The molecule has 0 aromatic rings.